The van der Waals surface area contributed by atoms with Crippen LogP contribution in [0.15, 0.2) is 15.7 Å². The molecular formula is C11H18N4O3. The first kappa shape index (κ1) is 14.0. The number of amides is 1. The minimum atomic E-state index is -0.229. The molecule has 0 aliphatic rings. The topological polar surface area (TPSA) is 105 Å². The molecule has 0 radical (unpaired) electrons. The molecule has 0 aliphatic carbocycles. The molecule has 18 heavy (non-hydrogen) atoms. The zero-order valence-corrected chi connectivity index (χ0v) is 10.8. The van der Waals surface area contributed by atoms with Crippen LogP contribution in [-0.4, -0.2) is 39.6 Å². The smallest absolute Gasteiger partial charge is 0.276 e. The first-order chi connectivity index (χ1) is 8.45. The summed E-state index contributed by atoms with van der Waals surface area (Å²) in [6.45, 7) is 5.85. The summed E-state index contributed by atoms with van der Waals surface area (Å²) in [5, 5.41) is 15.0. The van der Waals surface area contributed by atoms with E-state index in [9.17, 15) is 4.79 Å². The number of aryl methyl sites for hydroxylation is 1. The van der Waals surface area contributed by atoms with Crippen molar-refractivity contribution in [2.75, 3.05) is 6.54 Å². The predicted octanol–water partition coefficient (Wildman–Crippen LogP) is 0.970. The van der Waals surface area contributed by atoms with Crippen LogP contribution in [0.1, 0.15) is 36.5 Å². The monoisotopic (exact) mass is 254 g/mol. The van der Waals surface area contributed by atoms with Crippen molar-refractivity contribution in [2.24, 2.45) is 10.9 Å². The lowest BCUT2D eigenvalue weighted by molar-refractivity contribution is 0.0700. The maximum absolute atomic E-state index is 12.2. The van der Waals surface area contributed by atoms with Crippen molar-refractivity contribution in [3.63, 3.8) is 0 Å². The Kier molecular flexibility index (Phi) is 4.70. The van der Waals surface area contributed by atoms with Gasteiger partial charge >= 0.3 is 0 Å². The third kappa shape index (κ3) is 3.47. The number of hydrogen-bond acceptors (Lipinski definition) is 5. The summed E-state index contributed by atoms with van der Waals surface area (Å²) in [4.78, 5) is 13.8. The van der Waals surface area contributed by atoms with Crippen molar-refractivity contribution < 1.29 is 14.5 Å². The van der Waals surface area contributed by atoms with Gasteiger partial charge < -0.3 is 20.4 Å². The molecule has 0 saturated carbocycles. The Morgan fingerprint density at radius 3 is 2.78 bits per heavy atom. The second-order valence-corrected chi connectivity index (χ2v) is 4.26. The molecule has 1 heterocycles. The normalized spacial score (nSPS) is 11.9. The van der Waals surface area contributed by atoms with E-state index >= 15 is 0 Å². The van der Waals surface area contributed by atoms with E-state index in [2.05, 4.69) is 10.3 Å². The van der Waals surface area contributed by atoms with E-state index in [1.165, 1.54) is 0 Å². The van der Waals surface area contributed by atoms with Gasteiger partial charge in [-0.15, -0.1) is 0 Å². The first-order valence-corrected chi connectivity index (χ1v) is 5.66. The molecule has 0 aromatic carbocycles. The average molecular weight is 254 g/mol. The lowest BCUT2D eigenvalue weighted by atomic mass is 10.2. The quantitative estimate of drug-likeness (QED) is 0.352. The number of rotatable bonds is 5. The number of carbonyl (C=O) groups excluding carboxylic acids is 1. The molecule has 0 unspecified atom stereocenters. The fourth-order valence-corrected chi connectivity index (χ4v) is 1.49. The molecular weight excluding hydrogens is 236 g/mol. The highest BCUT2D eigenvalue weighted by Gasteiger charge is 2.21. The van der Waals surface area contributed by atoms with Gasteiger partial charge in [0.2, 0.25) is 0 Å². The van der Waals surface area contributed by atoms with Crippen LogP contribution in [0.4, 0.5) is 0 Å². The number of nitrogens with zero attached hydrogens (tertiary/aromatic N) is 3. The Labute approximate surface area is 105 Å². The molecule has 0 spiro atoms. The zero-order valence-electron chi connectivity index (χ0n) is 10.8. The van der Waals surface area contributed by atoms with Crippen molar-refractivity contribution >= 4 is 11.7 Å². The summed E-state index contributed by atoms with van der Waals surface area (Å²) in [5.41, 5.74) is 5.66. The fraction of sp³-hybridized carbons (Fsp3) is 0.545. The van der Waals surface area contributed by atoms with Gasteiger partial charge in [-0.25, -0.2) is 0 Å². The highest BCUT2D eigenvalue weighted by atomic mass is 16.5. The lowest BCUT2D eigenvalue weighted by Gasteiger charge is -2.25. The second-order valence-electron chi connectivity index (χ2n) is 4.26. The molecule has 0 bridgehead atoms. The largest absolute Gasteiger partial charge is 0.409 e. The summed E-state index contributed by atoms with van der Waals surface area (Å²) in [7, 11) is 0. The maximum atomic E-state index is 12.2. The van der Waals surface area contributed by atoms with Crippen LogP contribution >= 0.6 is 0 Å². The van der Waals surface area contributed by atoms with Crippen LogP contribution in [0.5, 0.6) is 0 Å². The fourth-order valence-electron chi connectivity index (χ4n) is 1.49. The third-order valence-corrected chi connectivity index (χ3v) is 2.47. The highest BCUT2D eigenvalue weighted by Crippen LogP contribution is 2.09. The lowest BCUT2D eigenvalue weighted by Crippen LogP contribution is -2.39. The summed E-state index contributed by atoms with van der Waals surface area (Å²) in [5.74, 6) is 0.441. The molecule has 0 atom stereocenters. The van der Waals surface area contributed by atoms with Crippen molar-refractivity contribution in [1.82, 2.24) is 10.1 Å². The first-order valence-electron chi connectivity index (χ1n) is 5.66. The predicted molar refractivity (Wildman–Crippen MR) is 65.4 cm³/mol. The maximum Gasteiger partial charge on any atom is 0.276 e. The van der Waals surface area contributed by atoms with Gasteiger partial charge in [-0.05, 0) is 20.8 Å². The minimum absolute atomic E-state index is 0.0130. The number of hydrogen-bond donors (Lipinski definition) is 2. The van der Waals surface area contributed by atoms with Crippen molar-refractivity contribution in [2.45, 2.75) is 33.2 Å². The van der Waals surface area contributed by atoms with Crippen LogP contribution in [-0.2, 0) is 0 Å². The Morgan fingerprint density at radius 1 is 1.67 bits per heavy atom. The van der Waals surface area contributed by atoms with Gasteiger partial charge in [0, 0.05) is 25.1 Å². The Balaban J connectivity index is 2.76. The van der Waals surface area contributed by atoms with Gasteiger partial charge in [0.05, 0.1) is 0 Å². The second kappa shape index (κ2) is 6.04. The van der Waals surface area contributed by atoms with Gasteiger partial charge in [-0.2, -0.15) is 0 Å². The van der Waals surface area contributed by atoms with Gasteiger partial charge in [0.1, 0.15) is 11.6 Å². The number of amidine groups is 1. The number of oxime groups is 1. The number of aromatic nitrogens is 1. The standard InChI is InChI=1S/C11H18N4O3/c1-7(2)15(5-4-10(12)13-17)11(16)9-6-8(3)18-14-9/h6-7,17H,4-5H2,1-3H3,(H2,12,13). The molecule has 1 aromatic rings. The van der Waals surface area contributed by atoms with Gasteiger partial charge in [-0.3, -0.25) is 4.79 Å². The van der Waals surface area contributed by atoms with Crippen LogP contribution in [0.25, 0.3) is 0 Å². The van der Waals surface area contributed by atoms with Crippen molar-refractivity contribution in [1.29, 1.82) is 0 Å². The zero-order chi connectivity index (χ0) is 13.7. The van der Waals surface area contributed by atoms with Crippen molar-refractivity contribution in [3.8, 4) is 0 Å². The Morgan fingerprint density at radius 2 is 2.33 bits per heavy atom. The molecule has 7 nitrogen and oxygen atoms in total. The third-order valence-electron chi connectivity index (χ3n) is 2.47. The number of nitrogens with two attached hydrogens (primary N) is 1. The van der Waals surface area contributed by atoms with Gasteiger partial charge in [0.15, 0.2) is 5.69 Å². The van der Waals surface area contributed by atoms with Crippen LogP contribution in [0.2, 0.25) is 0 Å². The van der Waals surface area contributed by atoms with Crippen molar-refractivity contribution in [3.05, 3.63) is 17.5 Å². The Hall–Kier alpha value is -2.05. The van der Waals surface area contributed by atoms with E-state index in [0.29, 0.717) is 18.7 Å². The molecule has 1 rings (SSSR count). The van der Waals surface area contributed by atoms with E-state index in [-0.39, 0.29) is 23.5 Å². The van der Waals surface area contributed by atoms with Crippen LogP contribution in [0.3, 0.4) is 0 Å². The molecule has 100 valence electrons. The van der Waals surface area contributed by atoms with E-state index < -0.39 is 0 Å². The molecule has 7 heteroatoms. The van der Waals surface area contributed by atoms with Gasteiger partial charge in [0.25, 0.3) is 5.91 Å². The molecule has 0 fully saturated rings. The molecule has 1 aromatic heterocycles. The molecule has 0 aliphatic heterocycles. The van der Waals surface area contributed by atoms with E-state index in [4.69, 9.17) is 15.5 Å². The van der Waals surface area contributed by atoms with E-state index in [0.717, 1.165) is 0 Å². The van der Waals surface area contributed by atoms with E-state index in [1.54, 1.807) is 17.9 Å². The number of carbonyl (C=O) groups is 1. The SMILES string of the molecule is Cc1cc(C(=O)N(CCC(N)=NO)C(C)C)no1. The average Bonchev–Trinajstić information content (AvgIpc) is 2.75. The van der Waals surface area contributed by atoms with Crippen LogP contribution in [0, 0.1) is 6.92 Å². The molecule has 0 saturated heterocycles. The molecule has 1 amide bonds. The molecule has 3 N–H and O–H groups in total. The van der Waals surface area contributed by atoms with Gasteiger partial charge in [-0.1, -0.05) is 10.3 Å². The summed E-state index contributed by atoms with van der Waals surface area (Å²) in [6.07, 6.45) is 0.303. The van der Waals surface area contributed by atoms with Crippen LogP contribution < -0.4 is 5.73 Å². The summed E-state index contributed by atoms with van der Waals surface area (Å²) in [6, 6.07) is 1.57. The summed E-state index contributed by atoms with van der Waals surface area (Å²) >= 11 is 0. The minimum Gasteiger partial charge on any atom is -0.409 e. The highest BCUT2D eigenvalue weighted by molar-refractivity contribution is 5.92. The summed E-state index contributed by atoms with van der Waals surface area (Å²) < 4.78 is 4.88. The van der Waals surface area contributed by atoms with E-state index in [1.807, 2.05) is 13.8 Å². The Bertz CT molecular complexity index is 439.